The second-order valence-electron chi connectivity index (χ2n) is 7.20. The van der Waals surface area contributed by atoms with Gasteiger partial charge in [-0.15, -0.1) is 0 Å². The van der Waals surface area contributed by atoms with Crippen molar-refractivity contribution in [2.75, 3.05) is 29.9 Å². The molecule has 1 heterocycles. The van der Waals surface area contributed by atoms with Gasteiger partial charge in [-0.3, -0.25) is 15.4 Å². The Kier molecular flexibility index (Phi) is 6.74. The summed E-state index contributed by atoms with van der Waals surface area (Å²) in [4.78, 5) is 29.5. The number of benzene rings is 2. The largest absolute Gasteiger partial charge is 0.449 e. The number of rotatable bonds is 8. The fourth-order valence-electron chi connectivity index (χ4n) is 3.52. The van der Waals surface area contributed by atoms with E-state index in [9.17, 15) is 14.9 Å². The molecule has 0 fully saturated rings. The molecule has 0 radical (unpaired) electrons. The summed E-state index contributed by atoms with van der Waals surface area (Å²) in [6.07, 6.45) is -0.139. The Labute approximate surface area is 180 Å². The predicted molar refractivity (Wildman–Crippen MR) is 121 cm³/mol. The van der Waals surface area contributed by atoms with Gasteiger partial charge in [0.25, 0.3) is 5.69 Å². The highest BCUT2D eigenvalue weighted by molar-refractivity contribution is 5.86. The van der Waals surface area contributed by atoms with E-state index in [2.05, 4.69) is 29.0 Å². The van der Waals surface area contributed by atoms with E-state index >= 15 is 0 Å². The highest BCUT2D eigenvalue weighted by atomic mass is 16.6. The average molecular weight is 425 g/mol. The molecular weight excluding hydrogens is 398 g/mol. The van der Waals surface area contributed by atoms with Crippen molar-refractivity contribution >= 4 is 34.2 Å². The van der Waals surface area contributed by atoms with E-state index in [0.29, 0.717) is 29.0 Å². The first-order valence-electron chi connectivity index (χ1n) is 10.2. The monoisotopic (exact) mass is 425 g/mol. The fraction of sp³-hybridized carbons (Fsp3) is 0.364. The molecule has 3 rings (SSSR count). The number of carbonyl (C=O) groups is 1. The number of carbonyl (C=O) groups excluding carboxylic acids is 1. The fourth-order valence-corrected chi connectivity index (χ4v) is 3.52. The summed E-state index contributed by atoms with van der Waals surface area (Å²) in [6.45, 7) is 8.13. The van der Waals surface area contributed by atoms with Gasteiger partial charge in [-0.2, -0.15) is 0 Å². The Balaban J connectivity index is 1.59. The Morgan fingerprint density at radius 1 is 1.23 bits per heavy atom. The van der Waals surface area contributed by atoms with E-state index in [4.69, 9.17) is 4.74 Å². The van der Waals surface area contributed by atoms with Gasteiger partial charge in [-0.25, -0.2) is 9.78 Å². The third kappa shape index (κ3) is 4.93. The SMILES string of the molecule is CCN(CC)c1ccc(NC(=O)OCCc2nc3ccc([N+](=O)[O-])cc3n2C)c(C)c1. The third-order valence-electron chi connectivity index (χ3n) is 5.30. The standard InChI is InChI=1S/C22H27N5O4/c1-5-26(6-2)16-7-9-18(15(3)13-16)24-22(28)31-12-11-21-23-19-10-8-17(27(29)30)14-20(19)25(21)4/h7-10,13-14H,5-6,11-12H2,1-4H3,(H,24,28). The summed E-state index contributed by atoms with van der Waals surface area (Å²) >= 11 is 0. The van der Waals surface area contributed by atoms with Crippen molar-refractivity contribution in [3.63, 3.8) is 0 Å². The van der Waals surface area contributed by atoms with Gasteiger partial charge >= 0.3 is 6.09 Å². The molecule has 9 nitrogen and oxygen atoms in total. The second-order valence-corrected chi connectivity index (χ2v) is 7.20. The van der Waals surface area contributed by atoms with Gasteiger partial charge < -0.3 is 14.2 Å². The van der Waals surface area contributed by atoms with Crippen molar-refractivity contribution in [2.24, 2.45) is 7.05 Å². The minimum Gasteiger partial charge on any atom is -0.449 e. The Bertz CT molecular complexity index is 1100. The quantitative estimate of drug-likeness (QED) is 0.423. The summed E-state index contributed by atoms with van der Waals surface area (Å²) in [7, 11) is 1.79. The predicted octanol–water partition coefficient (Wildman–Crippen LogP) is 4.43. The summed E-state index contributed by atoms with van der Waals surface area (Å²) in [6, 6.07) is 10.4. The normalized spacial score (nSPS) is 10.8. The van der Waals surface area contributed by atoms with Crippen molar-refractivity contribution in [3.05, 3.63) is 57.9 Å². The molecule has 0 saturated carbocycles. The van der Waals surface area contributed by atoms with Crippen LogP contribution in [0.2, 0.25) is 0 Å². The molecule has 0 bridgehead atoms. The molecule has 164 valence electrons. The minimum atomic E-state index is -0.534. The molecule has 0 aliphatic rings. The lowest BCUT2D eigenvalue weighted by atomic mass is 10.1. The molecule has 0 spiro atoms. The summed E-state index contributed by atoms with van der Waals surface area (Å²) in [5.41, 5.74) is 4.12. The molecule has 0 saturated heterocycles. The maximum Gasteiger partial charge on any atom is 0.411 e. The van der Waals surface area contributed by atoms with Crippen molar-refractivity contribution < 1.29 is 14.5 Å². The molecule has 1 N–H and O–H groups in total. The molecule has 2 aromatic carbocycles. The van der Waals surface area contributed by atoms with Crippen LogP contribution in [0, 0.1) is 17.0 Å². The van der Waals surface area contributed by atoms with E-state index in [-0.39, 0.29) is 12.3 Å². The van der Waals surface area contributed by atoms with Crippen LogP contribution in [0.3, 0.4) is 0 Å². The Morgan fingerprint density at radius 3 is 2.61 bits per heavy atom. The molecule has 1 amide bonds. The van der Waals surface area contributed by atoms with Crippen LogP contribution in [0.4, 0.5) is 21.9 Å². The number of aromatic nitrogens is 2. The zero-order valence-electron chi connectivity index (χ0n) is 18.2. The number of aryl methyl sites for hydroxylation is 2. The number of imidazole rings is 1. The number of hydrogen-bond acceptors (Lipinski definition) is 6. The second kappa shape index (κ2) is 9.46. The number of anilines is 2. The van der Waals surface area contributed by atoms with E-state index < -0.39 is 11.0 Å². The maximum atomic E-state index is 12.2. The van der Waals surface area contributed by atoms with E-state index in [1.54, 1.807) is 17.7 Å². The molecule has 31 heavy (non-hydrogen) atoms. The maximum absolute atomic E-state index is 12.2. The van der Waals surface area contributed by atoms with Gasteiger partial charge in [0.1, 0.15) is 12.4 Å². The van der Waals surface area contributed by atoms with Crippen LogP contribution < -0.4 is 10.2 Å². The summed E-state index contributed by atoms with van der Waals surface area (Å²) < 4.78 is 7.09. The molecule has 9 heteroatoms. The van der Waals surface area contributed by atoms with Crippen LogP contribution in [0.15, 0.2) is 36.4 Å². The van der Waals surface area contributed by atoms with Crippen molar-refractivity contribution in [1.29, 1.82) is 0 Å². The van der Waals surface area contributed by atoms with E-state index in [1.165, 1.54) is 12.1 Å². The summed E-state index contributed by atoms with van der Waals surface area (Å²) in [5.74, 6) is 0.683. The van der Waals surface area contributed by atoms with Crippen LogP contribution in [0.5, 0.6) is 0 Å². The van der Waals surface area contributed by atoms with Crippen LogP contribution in [0.25, 0.3) is 11.0 Å². The first-order valence-corrected chi connectivity index (χ1v) is 10.2. The molecule has 1 aromatic heterocycles. The molecular formula is C22H27N5O4. The number of amides is 1. The van der Waals surface area contributed by atoms with Crippen molar-refractivity contribution in [2.45, 2.75) is 27.2 Å². The number of hydrogen-bond donors (Lipinski definition) is 1. The number of nitro groups is 1. The van der Waals surface area contributed by atoms with Crippen LogP contribution in [0.1, 0.15) is 25.2 Å². The van der Waals surface area contributed by atoms with Gasteiger partial charge in [-0.1, -0.05) is 0 Å². The number of non-ortho nitro benzene ring substituents is 1. The minimum absolute atomic E-state index is 0.0139. The molecule has 0 atom stereocenters. The smallest absolute Gasteiger partial charge is 0.411 e. The van der Waals surface area contributed by atoms with Gasteiger partial charge in [0, 0.05) is 50.1 Å². The lowest BCUT2D eigenvalue weighted by Gasteiger charge is -2.22. The van der Waals surface area contributed by atoms with E-state index in [0.717, 1.165) is 24.3 Å². The van der Waals surface area contributed by atoms with Gasteiger partial charge in [-0.05, 0) is 50.6 Å². The van der Waals surface area contributed by atoms with Crippen molar-refractivity contribution in [3.8, 4) is 0 Å². The first-order chi connectivity index (χ1) is 14.8. The number of ether oxygens (including phenoxy) is 1. The number of nitro benzene ring substituents is 1. The van der Waals surface area contributed by atoms with Crippen LogP contribution in [-0.4, -0.2) is 40.3 Å². The first kappa shape index (κ1) is 22.1. The van der Waals surface area contributed by atoms with Crippen LogP contribution >= 0.6 is 0 Å². The average Bonchev–Trinajstić information content (AvgIpc) is 3.06. The van der Waals surface area contributed by atoms with Gasteiger partial charge in [0.05, 0.1) is 16.0 Å². The van der Waals surface area contributed by atoms with Crippen LogP contribution in [-0.2, 0) is 18.2 Å². The molecule has 0 aliphatic heterocycles. The Morgan fingerprint density at radius 2 is 1.97 bits per heavy atom. The topological polar surface area (TPSA) is 103 Å². The van der Waals surface area contributed by atoms with Crippen molar-refractivity contribution in [1.82, 2.24) is 9.55 Å². The van der Waals surface area contributed by atoms with E-state index in [1.807, 2.05) is 25.1 Å². The zero-order chi connectivity index (χ0) is 22.5. The molecule has 0 aliphatic carbocycles. The lowest BCUT2D eigenvalue weighted by molar-refractivity contribution is -0.384. The highest BCUT2D eigenvalue weighted by Gasteiger charge is 2.14. The molecule has 0 unspecified atom stereocenters. The molecule has 3 aromatic rings. The van der Waals surface area contributed by atoms with Gasteiger partial charge in [0.15, 0.2) is 0 Å². The lowest BCUT2D eigenvalue weighted by Crippen LogP contribution is -2.22. The number of nitrogens with zero attached hydrogens (tertiary/aromatic N) is 4. The highest BCUT2D eigenvalue weighted by Crippen LogP contribution is 2.23. The number of nitrogens with one attached hydrogen (secondary N) is 1. The number of fused-ring (bicyclic) bond motifs is 1. The summed E-state index contributed by atoms with van der Waals surface area (Å²) in [5, 5.41) is 13.8. The Hall–Kier alpha value is -3.62. The van der Waals surface area contributed by atoms with Gasteiger partial charge in [0.2, 0.25) is 0 Å². The third-order valence-corrected chi connectivity index (χ3v) is 5.30. The zero-order valence-corrected chi connectivity index (χ0v) is 18.2.